The number of hydrogen-bond acceptors (Lipinski definition) is 5. The quantitative estimate of drug-likeness (QED) is 0.415. The molecule has 0 aliphatic carbocycles. The lowest BCUT2D eigenvalue weighted by Gasteiger charge is -2.34. The number of imide groups is 1. The summed E-state index contributed by atoms with van der Waals surface area (Å²) < 4.78 is 5.38. The highest BCUT2D eigenvalue weighted by Gasteiger charge is 2.56. The third-order valence-corrected chi connectivity index (χ3v) is 6.06. The van der Waals surface area contributed by atoms with Crippen LogP contribution >= 0.6 is 0 Å². The van der Waals surface area contributed by atoms with Crippen molar-refractivity contribution < 1.29 is 19.1 Å². The summed E-state index contributed by atoms with van der Waals surface area (Å²) in [6.45, 7) is 1.95. The second-order valence-electron chi connectivity index (χ2n) is 7.49. The Morgan fingerprint density at radius 2 is 1.55 bits per heavy atom. The van der Waals surface area contributed by atoms with Gasteiger partial charge in [-0.25, -0.2) is 0 Å². The first-order valence-corrected chi connectivity index (χ1v) is 9.72. The average molecular weight is 388 g/mol. The van der Waals surface area contributed by atoms with Gasteiger partial charge in [0.05, 0.1) is 18.4 Å². The Kier molecular flexibility index (Phi) is 3.84. The number of benzene rings is 3. The zero-order valence-corrected chi connectivity index (χ0v) is 16.1. The number of fused-ring (bicyclic) bond motifs is 7. The summed E-state index contributed by atoms with van der Waals surface area (Å²) in [5, 5.41) is 7.15. The number of rotatable bonds is 2. The first-order valence-electron chi connectivity index (χ1n) is 9.72. The lowest BCUT2D eigenvalue weighted by Crippen LogP contribution is -2.43. The summed E-state index contributed by atoms with van der Waals surface area (Å²) in [6.07, 6.45) is 0. The molecule has 146 valence electrons. The molecular formula is C23H20N2O4. The molecule has 29 heavy (non-hydrogen) atoms. The van der Waals surface area contributed by atoms with Crippen LogP contribution in [0, 0.1) is 5.92 Å². The number of nitrogens with one attached hydrogen (secondary N) is 1. The van der Waals surface area contributed by atoms with Crippen molar-refractivity contribution in [3.8, 4) is 0 Å². The Bertz CT molecular complexity index is 1200. The van der Waals surface area contributed by atoms with Crippen LogP contribution in [0.2, 0.25) is 0 Å². The smallest absolute Gasteiger partial charge is 0.314 e. The van der Waals surface area contributed by atoms with E-state index in [1.807, 2.05) is 48.5 Å². The molecule has 0 aromatic heterocycles. The molecule has 3 atom stereocenters. The minimum Gasteiger partial charge on any atom is -0.465 e. The minimum absolute atomic E-state index is 0.207. The average Bonchev–Trinajstić information content (AvgIpc) is 2.96. The molecule has 2 amide bonds. The molecule has 1 N–H and O–H groups in total. The fourth-order valence-corrected chi connectivity index (χ4v) is 4.80. The van der Waals surface area contributed by atoms with Crippen molar-refractivity contribution in [2.24, 2.45) is 5.92 Å². The standard InChI is InChI=1S/C23H20N2O4/c1-3-29-23(28)17-16-14-10-6-4-8-12(14)13-9-5-7-11-15(13)19(16)24-20-18(17)21(26)25(2)22(20)27/h4-11,17-18,20,24H,3H2,1-2H3. The topological polar surface area (TPSA) is 75.7 Å². The number of ether oxygens (including phenoxy) is 1. The van der Waals surface area contributed by atoms with Crippen LogP contribution in [0.5, 0.6) is 0 Å². The fraction of sp³-hybridized carbons (Fsp3) is 0.261. The molecule has 2 aliphatic rings. The molecule has 0 bridgehead atoms. The van der Waals surface area contributed by atoms with Crippen molar-refractivity contribution in [3.05, 3.63) is 54.1 Å². The van der Waals surface area contributed by atoms with Gasteiger partial charge in [0.25, 0.3) is 5.91 Å². The van der Waals surface area contributed by atoms with Crippen molar-refractivity contribution in [2.75, 3.05) is 19.0 Å². The van der Waals surface area contributed by atoms with Gasteiger partial charge in [0.2, 0.25) is 5.91 Å². The minimum atomic E-state index is -0.841. The Morgan fingerprint density at radius 3 is 2.21 bits per heavy atom. The van der Waals surface area contributed by atoms with E-state index in [2.05, 4.69) is 5.32 Å². The van der Waals surface area contributed by atoms with Crippen molar-refractivity contribution in [3.63, 3.8) is 0 Å². The van der Waals surface area contributed by atoms with Crippen LogP contribution in [0.4, 0.5) is 5.69 Å². The molecule has 5 rings (SSSR count). The summed E-state index contributed by atoms with van der Waals surface area (Å²) >= 11 is 0. The predicted octanol–water partition coefficient (Wildman–Crippen LogP) is 3.05. The van der Waals surface area contributed by atoms with Gasteiger partial charge in [-0.2, -0.15) is 0 Å². The lowest BCUT2D eigenvalue weighted by atomic mass is 9.75. The molecule has 0 saturated carbocycles. The molecule has 0 spiro atoms. The lowest BCUT2D eigenvalue weighted by molar-refractivity contribution is -0.149. The fourth-order valence-electron chi connectivity index (χ4n) is 4.80. The Labute approximate surface area is 167 Å². The third kappa shape index (κ3) is 2.32. The number of carbonyl (C=O) groups excluding carboxylic acids is 3. The van der Waals surface area contributed by atoms with Gasteiger partial charge in [-0.1, -0.05) is 48.5 Å². The third-order valence-electron chi connectivity index (χ3n) is 6.06. The van der Waals surface area contributed by atoms with E-state index in [4.69, 9.17) is 4.74 Å². The zero-order valence-electron chi connectivity index (χ0n) is 16.1. The van der Waals surface area contributed by atoms with Crippen molar-refractivity contribution in [2.45, 2.75) is 18.9 Å². The van der Waals surface area contributed by atoms with Crippen molar-refractivity contribution in [1.29, 1.82) is 0 Å². The molecule has 0 radical (unpaired) electrons. The largest absolute Gasteiger partial charge is 0.465 e. The molecule has 1 fully saturated rings. The molecule has 6 heteroatoms. The highest BCUT2D eigenvalue weighted by molar-refractivity contribution is 6.20. The SMILES string of the molecule is CCOC(=O)C1c2c(c3ccccc3c3ccccc23)NC2C(=O)N(C)C(=O)C21. The van der Waals surface area contributed by atoms with Crippen LogP contribution in [0.3, 0.4) is 0 Å². The Balaban J connectivity index is 1.89. The van der Waals surface area contributed by atoms with Crippen LogP contribution in [0.15, 0.2) is 48.5 Å². The molecule has 2 aliphatic heterocycles. The summed E-state index contributed by atoms with van der Waals surface area (Å²) in [5.74, 6) is -2.80. The monoisotopic (exact) mass is 388 g/mol. The van der Waals surface area contributed by atoms with E-state index in [0.717, 1.165) is 37.7 Å². The first-order chi connectivity index (χ1) is 14.0. The van der Waals surface area contributed by atoms with E-state index in [9.17, 15) is 14.4 Å². The van der Waals surface area contributed by atoms with Gasteiger partial charge in [0.15, 0.2) is 0 Å². The van der Waals surface area contributed by atoms with Gasteiger partial charge >= 0.3 is 5.97 Å². The number of carbonyl (C=O) groups is 3. The van der Waals surface area contributed by atoms with E-state index in [1.54, 1.807) is 6.92 Å². The van der Waals surface area contributed by atoms with Gasteiger partial charge < -0.3 is 10.1 Å². The number of amides is 2. The maximum Gasteiger partial charge on any atom is 0.314 e. The highest BCUT2D eigenvalue weighted by Crippen LogP contribution is 2.49. The van der Waals surface area contributed by atoms with Crippen LogP contribution in [0.25, 0.3) is 21.5 Å². The van der Waals surface area contributed by atoms with E-state index < -0.39 is 23.8 Å². The Hall–Kier alpha value is -3.41. The maximum absolute atomic E-state index is 13.1. The number of esters is 1. The van der Waals surface area contributed by atoms with E-state index in [0.29, 0.717) is 0 Å². The van der Waals surface area contributed by atoms with Crippen LogP contribution in [0.1, 0.15) is 18.4 Å². The number of hydrogen-bond donors (Lipinski definition) is 1. The second kappa shape index (κ2) is 6.30. The summed E-state index contributed by atoms with van der Waals surface area (Å²) in [7, 11) is 1.47. The first kappa shape index (κ1) is 17.7. The van der Waals surface area contributed by atoms with Crippen LogP contribution in [-0.4, -0.2) is 42.4 Å². The normalized spacial score (nSPS) is 23.1. The molecule has 1 saturated heterocycles. The van der Waals surface area contributed by atoms with E-state index >= 15 is 0 Å². The van der Waals surface area contributed by atoms with Gasteiger partial charge in [-0.15, -0.1) is 0 Å². The van der Waals surface area contributed by atoms with Crippen molar-refractivity contribution >= 4 is 45.0 Å². The number of anilines is 1. The van der Waals surface area contributed by atoms with Gasteiger partial charge in [-0.05, 0) is 28.6 Å². The number of likely N-dealkylation sites (tertiary alicyclic amines) is 1. The molecular weight excluding hydrogens is 368 g/mol. The molecule has 3 aromatic carbocycles. The van der Waals surface area contributed by atoms with Crippen molar-refractivity contribution in [1.82, 2.24) is 4.90 Å². The van der Waals surface area contributed by atoms with E-state index in [-0.39, 0.29) is 18.4 Å². The number of likely N-dealkylation sites (N-methyl/N-ethyl adjacent to an activating group) is 1. The maximum atomic E-state index is 13.1. The van der Waals surface area contributed by atoms with Gasteiger partial charge in [-0.3, -0.25) is 19.3 Å². The van der Waals surface area contributed by atoms with Gasteiger partial charge in [0, 0.05) is 18.1 Å². The molecule has 2 heterocycles. The molecule has 3 aromatic rings. The highest BCUT2D eigenvalue weighted by atomic mass is 16.5. The van der Waals surface area contributed by atoms with Crippen LogP contribution in [-0.2, 0) is 19.1 Å². The Morgan fingerprint density at radius 1 is 0.966 bits per heavy atom. The zero-order chi connectivity index (χ0) is 20.3. The summed E-state index contributed by atoms with van der Waals surface area (Å²) in [4.78, 5) is 39.9. The summed E-state index contributed by atoms with van der Waals surface area (Å²) in [5.41, 5.74) is 1.46. The predicted molar refractivity (Wildman–Crippen MR) is 110 cm³/mol. The van der Waals surface area contributed by atoms with E-state index in [1.165, 1.54) is 7.05 Å². The second-order valence-corrected chi connectivity index (χ2v) is 7.49. The van der Waals surface area contributed by atoms with Crippen LogP contribution < -0.4 is 5.32 Å². The molecule has 6 nitrogen and oxygen atoms in total. The number of nitrogens with zero attached hydrogens (tertiary/aromatic N) is 1. The van der Waals surface area contributed by atoms with Gasteiger partial charge in [0.1, 0.15) is 6.04 Å². The summed E-state index contributed by atoms with van der Waals surface area (Å²) in [6, 6.07) is 15.0. The molecule has 3 unspecified atom stereocenters.